The zero-order chi connectivity index (χ0) is 10.3. The quantitative estimate of drug-likeness (QED) is 0.713. The van der Waals surface area contributed by atoms with Crippen molar-refractivity contribution in [3.63, 3.8) is 0 Å². The molecule has 2 aliphatic heterocycles. The molecule has 0 radical (unpaired) electrons. The van der Waals surface area contributed by atoms with Crippen molar-refractivity contribution in [1.82, 2.24) is 15.3 Å². The molecular weight excluding hydrogens is 190 g/mol. The maximum Gasteiger partial charge on any atom is 0.238 e. The molecule has 3 rings (SSSR count). The van der Waals surface area contributed by atoms with Crippen molar-refractivity contribution in [1.29, 1.82) is 0 Å². The lowest BCUT2D eigenvalue weighted by atomic mass is 10.1. The Bertz CT molecular complexity index is 259. The summed E-state index contributed by atoms with van der Waals surface area (Å²) in [6.07, 6.45) is 5.55. The van der Waals surface area contributed by atoms with Crippen molar-refractivity contribution in [2.45, 2.75) is 44.2 Å². The number of hydrogen-bond donors (Lipinski definition) is 1. The fourth-order valence-corrected chi connectivity index (χ4v) is 2.77. The van der Waals surface area contributed by atoms with Crippen LogP contribution in [0, 0.1) is 0 Å². The van der Waals surface area contributed by atoms with Crippen molar-refractivity contribution >= 4 is 5.91 Å². The second-order valence-corrected chi connectivity index (χ2v) is 4.86. The third-order valence-electron chi connectivity index (χ3n) is 3.71. The maximum absolute atomic E-state index is 11.8. The van der Waals surface area contributed by atoms with Gasteiger partial charge in [0.05, 0.1) is 0 Å². The highest BCUT2D eigenvalue weighted by Gasteiger charge is 2.42. The van der Waals surface area contributed by atoms with Crippen LogP contribution in [-0.4, -0.2) is 47.6 Å². The summed E-state index contributed by atoms with van der Waals surface area (Å²) in [5.74, 6) is 0.357. The monoisotopic (exact) mass is 209 g/mol. The maximum atomic E-state index is 11.8. The van der Waals surface area contributed by atoms with E-state index in [2.05, 4.69) is 15.3 Å². The molecular formula is C11H19N3O. The highest BCUT2D eigenvalue weighted by molar-refractivity contribution is 5.78. The predicted octanol–water partition coefficient (Wildman–Crippen LogP) is 0.350. The molecule has 0 aromatic heterocycles. The molecule has 84 valence electrons. The second-order valence-electron chi connectivity index (χ2n) is 4.86. The lowest BCUT2D eigenvalue weighted by Crippen LogP contribution is -2.50. The van der Waals surface area contributed by atoms with E-state index in [0.717, 1.165) is 26.1 Å². The largest absolute Gasteiger partial charge is 0.317 e. The summed E-state index contributed by atoms with van der Waals surface area (Å²) in [7, 11) is 0. The zero-order valence-electron chi connectivity index (χ0n) is 9.11. The van der Waals surface area contributed by atoms with E-state index in [1.54, 1.807) is 0 Å². The number of nitrogens with zero attached hydrogens (tertiary/aromatic N) is 2. The van der Waals surface area contributed by atoms with Crippen LogP contribution in [0.5, 0.6) is 0 Å². The van der Waals surface area contributed by atoms with Crippen LogP contribution in [0.15, 0.2) is 0 Å². The first-order valence-electron chi connectivity index (χ1n) is 6.15. The number of hydrogen-bond acceptors (Lipinski definition) is 3. The lowest BCUT2D eigenvalue weighted by Gasteiger charge is -2.37. The van der Waals surface area contributed by atoms with Crippen LogP contribution in [-0.2, 0) is 4.79 Å². The Labute approximate surface area is 90.6 Å². The summed E-state index contributed by atoms with van der Waals surface area (Å²) in [5, 5.41) is 7.82. The van der Waals surface area contributed by atoms with Crippen LogP contribution < -0.4 is 5.32 Å². The average molecular weight is 209 g/mol. The first kappa shape index (κ1) is 9.60. The summed E-state index contributed by atoms with van der Waals surface area (Å²) in [6.45, 7) is 3.17. The van der Waals surface area contributed by atoms with Gasteiger partial charge in [0.2, 0.25) is 5.91 Å². The van der Waals surface area contributed by atoms with Crippen LogP contribution in [0.25, 0.3) is 0 Å². The Morgan fingerprint density at radius 2 is 1.80 bits per heavy atom. The minimum atomic E-state index is 0.357. The van der Waals surface area contributed by atoms with Gasteiger partial charge in [0.15, 0.2) is 0 Å². The van der Waals surface area contributed by atoms with Gasteiger partial charge in [0.1, 0.15) is 0 Å². The van der Waals surface area contributed by atoms with Crippen molar-refractivity contribution in [2.75, 3.05) is 19.6 Å². The molecule has 0 atom stereocenters. The average Bonchev–Trinajstić information content (AvgIpc) is 3.03. The third-order valence-corrected chi connectivity index (χ3v) is 3.71. The van der Waals surface area contributed by atoms with E-state index in [0.29, 0.717) is 18.0 Å². The molecule has 3 aliphatic rings. The number of carbonyl (C=O) groups is 1. The molecule has 2 saturated heterocycles. The van der Waals surface area contributed by atoms with E-state index < -0.39 is 0 Å². The van der Waals surface area contributed by atoms with Crippen LogP contribution in [0.2, 0.25) is 0 Å². The minimum absolute atomic E-state index is 0.357. The van der Waals surface area contributed by atoms with E-state index >= 15 is 0 Å². The van der Waals surface area contributed by atoms with Gasteiger partial charge >= 0.3 is 0 Å². The Kier molecular flexibility index (Phi) is 2.41. The molecule has 15 heavy (non-hydrogen) atoms. The van der Waals surface area contributed by atoms with E-state index in [4.69, 9.17) is 0 Å². The fraction of sp³-hybridized carbons (Fsp3) is 0.909. The van der Waals surface area contributed by atoms with Gasteiger partial charge in [-0.2, -0.15) is 0 Å². The van der Waals surface area contributed by atoms with E-state index in [9.17, 15) is 4.79 Å². The summed E-state index contributed by atoms with van der Waals surface area (Å²) in [4.78, 5) is 11.8. The van der Waals surface area contributed by atoms with Gasteiger partial charge in [0, 0.05) is 25.0 Å². The Balaban J connectivity index is 1.70. The van der Waals surface area contributed by atoms with Crippen molar-refractivity contribution in [3.05, 3.63) is 0 Å². The molecule has 0 aromatic rings. The number of amides is 1. The SMILES string of the molecule is O=C1CCN(C2CCNCC2)N1C1CC1. The van der Waals surface area contributed by atoms with E-state index in [-0.39, 0.29) is 0 Å². The van der Waals surface area contributed by atoms with E-state index in [1.165, 1.54) is 25.7 Å². The Morgan fingerprint density at radius 3 is 2.47 bits per heavy atom. The molecule has 0 aromatic carbocycles. The molecule has 0 bridgehead atoms. The van der Waals surface area contributed by atoms with Gasteiger partial charge in [-0.25, -0.2) is 5.01 Å². The normalized spacial score (nSPS) is 30.1. The Hall–Kier alpha value is -0.610. The molecule has 2 heterocycles. The molecule has 3 fully saturated rings. The first-order valence-corrected chi connectivity index (χ1v) is 6.15. The van der Waals surface area contributed by atoms with Gasteiger partial charge < -0.3 is 5.32 Å². The molecule has 1 saturated carbocycles. The van der Waals surface area contributed by atoms with E-state index in [1.807, 2.05) is 0 Å². The smallest absolute Gasteiger partial charge is 0.238 e. The van der Waals surface area contributed by atoms with Gasteiger partial charge in [-0.3, -0.25) is 9.80 Å². The highest BCUT2D eigenvalue weighted by Crippen LogP contribution is 2.33. The van der Waals surface area contributed by atoms with Crippen LogP contribution in [0.4, 0.5) is 0 Å². The second kappa shape index (κ2) is 3.76. The number of hydrazine groups is 1. The van der Waals surface area contributed by atoms with Crippen LogP contribution in [0.3, 0.4) is 0 Å². The van der Waals surface area contributed by atoms with Crippen LogP contribution >= 0.6 is 0 Å². The minimum Gasteiger partial charge on any atom is -0.317 e. The van der Waals surface area contributed by atoms with Crippen molar-refractivity contribution in [2.24, 2.45) is 0 Å². The number of piperidine rings is 1. The number of carbonyl (C=O) groups excluding carboxylic acids is 1. The molecule has 0 spiro atoms. The van der Waals surface area contributed by atoms with Gasteiger partial charge in [-0.15, -0.1) is 0 Å². The predicted molar refractivity (Wildman–Crippen MR) is 57.1 cm³/mol. The summed E-state index contributed by atoms with van der Waals surface area (Å²) < 4.78 is 0. The topological polar surface area (TPSA) is 35.6 Å². The summed E-state index contributed by atoms with van der Waals surface area (Å²) >= 11 is 0. The van der Waals surface area contributed by atoms with Crippen molar-refractivity contribution in [3.8, 4) is 0 Å². The molecule has 1 amide bonds. The lowest BCUT2D eigenvalue weighted by molar-refractivity contribution is -0.143. The Morgan fingerprint density at radius 1 is 1.07 bits per heavy atom. The summed E-state index contributed by atoms with van der Waals surface area (Å²) in [6, 6.07) is 1.16. The summed E-state index contributed by atoms with van der Waals surface area (Å²) in [5.41, 5.74) is 0. The molecule has 1 aliphatic carbocycles. The van der Waals surface area contributed by atoms with Gasteiger partial charge in [0.25, 0.3) is 0 Å². The molecule has 4 nitrogen and oxygen atoms in total. The van der Waals surface area contributed by atoms with Crippen LogP contribution in [0.1, 0.15) is 32.1 Å². The number of nitrogens with one attached hydrogen (secondary N) is 1. The fourth-order valence-electron chi connectivity index (χ4n) is 2.77. The van der Waals surface area contributed by atoms with Gasteiger partial charge in [-0.1, -0.05) is 0 Å². The van der Waals surface area contributed by atoms with Gasteiger partial charge in [-0.05, 0) is 38.8 Å². The molecule has 1 N–H and O–H groups in total. The first-order chi connectivity index (χ1) is 7.36. The van der Waals surface area contributed by atoms with Crippen molar-refractivity contribution < 1.29 is 4.79 Å². The molecule has 4 heteroatoms. The highest BCUT2D eigenvalue weighted by atomic mass is 16.2. The standard InChI is InChI=1S/C11H19N3O/c15-11-5-8-13(14(11)10-1-2-10)9-3-6-12-7-4-9/h9-10,12H,1-8H2. The third kappa shape index (κ3) is 1.76. The molecule has 0 unspecified atom stereocenters. The zero-order valence-corrected chi connectivity index (χ0v) is 9.11. The number of rotatable bonds is 2.